The second-order valence-corrected chi connectivity index (χ2v) is 8.22. The molecule has 34 heavy (non-hydrogen) atoms. The molecule has 7 nitrogen and oxygen atoms in total. The van der Waals surface area contributed by atoms with Gasteiger partial charge in [-0.15, -0.1) is 0 Å². The Bertz CT molecular complexity index is 1340. The molecule has 174 valence electrons. The van der Waals surface area contributed by atoms with Crippen LogP contribution < -0.4 is 20.3 Å². The van der Waals surface area contributed by atoms with E-state index in [9.17, 15) is 9.59 Å². The van der Waals surface area contributed by atoms with Crippen LogP contribution in [0.2, 0.25) is 0 Å². The van der Waals surface area contributed by atoms with Gasteiger partial charge in [-0.2, -0.15) is 0 Å². The summed E-state index contributed by atoms with van der Waals surface area (Å²) in [7, 11) is 0. The Hall–Kier alpha value is -3.78. The zero-order chi connectivity index (χ0) is 23.9. The molecule has 4 rings (SSSR count). The fourth-order valence-corrected chi connectivity index (χ4v) is 4.24. The first-order valence-electron chi connectivity index (χ1n) is 11.0. The second-order valence-electron chi connectivity index (χ2n) is 7.27. The highest BCUT2D eigenvalue weighted by atomic mass is 32.2. The molecule has 0 fully saturated rings. The van der Waals surface area contributed by atoms with E-state index in [0.29, 0.717) is 40.6 Å². The Morgan fingerprint density at radius 3 is 2.18 bits per heavy atom. The fraction of sp³-hybridized carbons (Fsp3) is 0.192. The number of para-hydroxylation sites is 1. The summed E-state index contributed by atoms with van der Waals surface area (Å²) >= 11 is 1.21. The minimum Gasteiger partial charge on any atom is -0.494 e. The van der Waals surface area contributed by atoms with Gasteiger partial charge in [0, 0.05) is 5.69 Å². The summed E-state index contributed by atoms with van der Waals surface area (Å²) < 4.78 is 12.5. The highest BCUT2D eigenvalue weighted by Crippen LogP contribution is 2.23. The zero-order valence-corrected chi connectivity index (χ0v) is 19.8. The van der Waals surface area contributed by atoms with Gasteiger partial charge in [-0.3, -0.25) is 14.2 Å². The molecule has 0 spiro atoms. The summed E-state index contributed by atoms with van der Waals surface area (Å²) in [4.78, 5) is 30.6. The van der Waals surface area contributed by atoms with Crippen molar-refractivity contribution >= 4 is 34.3 Å². The third-order valence-corrected chi connectivity index (χ3v) is 5.87. The summed E-state index contributed by atoms with van der Waals surface area (Å²) in [6.07, 6.45) is 0. The van der Waals surface area contributed by atoms with Crippen LogP contribution in [0, 0.1) is 0 Å². The number of carbonyl (C=O) groups is 1. The minimum absolute atomic E-state index is 0.0923. The molecule has 0 saturated carbocycles. The van der Waals surface area contributed by atoms with E-state index < -0.39 is 0 Å². The molecule has 0 unspecified atom stereocenters. The van der Waals surface area contributed by atoms with E-state index in [1.807, 2.05) is 50.2 Å². The van der Waals surface area contributed by atoms with Crippen LogP contribution in [0.15, 0.2) is 82.7 Å². The maximum absolute atomic E-state index is 13.3. The normalized spacial score (nSPS) is 10.8. The van der Waals surface area contributed by atoms with Gasteiger partial charge in [0.2, 0.25) is 5.91 Å². The predicted molar refractivity (Wildman–Crippen MR) is 135 cm³/mol. The molecule has 1 amide bonds. The van der Waals surface area contributed by atoms with Gasteiger partial charge in [0.05, 0.1) is 35.6 Å². The lowest BCUT2D eigenvalue weighted by molar-refractivity contribution is -0.113. The number of thioether (sulfide) groups is 1. The number of fused-ring (bicyclic) bond motifs is 1. The molecule has 0 saturated heterocycles. The molecule has 0 radical (unpaired) electrons. The number of hydrogen-bond donors (Lipinski definition) is 1. The van der Waals surface area contributed by atoms with Crippen LogP contribution in [-0.4, -0.2) is 34.4 Å². The average Bonchev–Trinajstić information content (AvgIpc) is 2.85. The first-order chi connectivity index (χ1) is 16.6. The monoisotopic (exact) mass is 475 g/mol. The van der Waals surface area contributed by atoms with Crippen LogP contribution in [0.5, 0.6) is 11.5 Å². The van der Waals surface area contributed by atoms with E-state index in [2.05, 4.69) is 10.3 Å². The van der Waals surface area contributed by atoms with E-state index in [-0.39, 0.29) is 17.2 Å². The van der Waals surface area contributed by atoms with Gasteiger partial charge in [0.15, 0.2) is 5.16 Å². The standard InChI is InChI=1S/C26H25N3O4S/c1-3-32-20-13-9-18(10-14-20)27-24(30)17-34-26-28-23-8-6-5-7-22(23)25(31)29(26)19-11-15-21(16-12-19)33-4-2/h5-16H,3-4,17H2,1-2H3,(H,27,30). The third-order valence-electron chi connectivity index (χ3n) is 4.93. The number of nitrogens with zero attached hydrogens (tertiary/aromatic N) is 2. The molecule has 4 aromatic rings. The minimum atomic E-state index is -0.199. The van der Waals surface area contributed by atoms with Crippen molar-refractivity contribution in [3.8, 4) is 17.2 Å². The predicted octanol–water partition coefficient (Wildman–Crippen LogP) is 4.91. The van der Waals surface area contributed by atoms with Crippen molar-refractivity contribution in [1.29, 1.82) is 0 Å². The molecule has 3 aromatic carbocycles. The summed E-state index contributed by atoms with van der Waals surface area (Å²) in [6, 6.07) is 21.6. The maximum atomic E-state index is 13.3. The molecule has 0 atom stereocenters. The number of aromatic nitrogens is 2. The van der Waals surface area contributed by atoms with Crippen molar-refractivity contribution in [3.05, 3.63) is 83.2 Å². The van der Waals surface area contributed by atoms with Crippen molar-refractivity contribution in [2.45, 2.75) is 19.0 Å². The van der Waals surface area contributed by atoms with Gasteiger partial charge in [0.1, 0.15) is 11.5 Å². The Morgan fingerprint density at radius 2 is 1.53 bits per heavy atom. The van der Waals surface area contributed by atoms with Crippen molar-refractivity contribution in [2.75, 3.05) is 24.3 Å². The zero-order valence-electron chi connectivity index (χ0n) is 19.0. The topological polar surface area (TPSA) is 82.5 Å². The van der Waals surface area contributed by atoms with E-state index >= 15 is 0 Å². The SMILES string of the molecule is CCOc1ccc(NC(=O)CSc2nc3ccccc3c(=O)n2-c2ccc(OCC)cc2)cc1. The van der Waals surface area contributed by atoms with Crippen molar-refractivity contribution in [3.63, 3.8) is 0 Å². The van der Waals surface area contributed by atoms with Gasteiger partial charge in [0.25, 0.3) is 5.56 Å². The Balaban J connectivity index is 1.59. The lowest BCUT2D eigenvalue weighted by Crippen LogP contribution is -2.23. The van der Waals surface area contributed by atoms with Gasteiger partial charge in [-0.1, -0.05) is 23.9 Å². The van der Waals surface area contributed by atoms with Crippen molar-refractivity contribution in [1.82, 2.24) is 9.55 Å². The van der Waals surface area contributed by atoms with E-state index in [1.165, 1.54) is 16.3 Å². The van der Waals surface area contributed by atoms with Crippen molar-refractivity contribution in [2.24, 2.45) is 0 Å². The highest BCUT2D eigenvalue weighted by Gasteiger charge is 2.15. The number of amides is 1. The number of carbonyl (C=O) groups excluding carboxylic acids is 1. The second kappa shape index (κ2) is 10.9. The van der Waals surface area contributed by atoms with E-state index in [1.54, 1.807) is 36.4 Å². The van der Waals surface area contributed by atoms with E-state index in [4.69, 9.17) is 9.47 Å². The van der Waals surface area contributed by atoms with Crippen LogP contribution in [-0.2, 0) is 4.79 Å². The Kier molecular flexibility index (Phi) is 7.49. The Labute approximate surface area is 201 Å². The first-order valence-corrected chi connectivity index (χ1v) is 12.0. The molecule has 0 aliphatic carbocycles. The largest absolute Gasteiger partial charge is 0.494 e. The average molecular weight is 476 g/mol. The van der Waals surface area contributed by atoms with Gasteiger partial charge >= 0.3 is 0 Å². The molecule has 0 bridgehead atoms. The highest BCUT2D eigenvalue weighted by molar-refractivity contribution is 7.99. The van der Waals surface area contributed by atoms with Crippen LogP contribution in [0.1, 0.15) is 13.8 Å². The maximum Gasteiger partial charge on any atom is 0.266 e. The molecule has 8 heteroatoms. The lowest BCUT2D eigenvalue weighted by Gasteiger charge is -2.14. The van der Waals surface area contributed by atoms with Crippen LogP contribution in [0.25, 0.3) is 16.6 Å². The molecule has 1 N–H and O–H groups in total. The number of rotatable bonds is 9. The molecule has 0 aliphatic heterocycles. The molecule has 1 aromatic heterocycles. The van der Waals surface area contributed by atoms with Crippen molar-refractivity contribution < 1.29 is 14.3 Å². The van der Waals surface area contributed by atoms with Crippen LogP contribution >= 0.6 is 11.8 Å². The quantitative estimate of drug-likeness (QED) is 0.274. The lowest BCUT2D eigenvalue weighted by atomic mass is 10.2. The number of hydrogen-bond acceptors (Lipinski definition) is 6. The first kappa shape index (κ1) is 23.4. The molecular formula is C26H25N3O4S. The summed E-state index contributed by atoms with van der Waals surface area (Å²) in [5, 5.41) is 3.82. The molecule has 0 aliphatic rings. The third kappa shape index (κ3) is 5.40. The van der Waals surface area contributed by atoms with E-state index in [0.717, 1.165) is 11.5 Å². The summed E-state index contributed by atoms with van der Waals surface area (Å²) in [6.45, 7) is 4.97. The number of benzene rings is 3. The summed E-state index contributed by atoms with van der Waals surface area (Å²) in [5.74, 6) is 1.36. The number of nitrogens with one attached hydrogen (secondary N) is 1. The smallest absolute Gasteiger partial charge is 0.266 e. The number of ether oxygens (including phenoxy) is 2. The number of anilines is 1. The van der Waals surface area contributed by atoms with Crippen LogP contribution in [0.3, 0.4) is 0 Å². The van der Waals surface area contributed by atoms with Crippen LogP contribution in [0.4, 0.5) is 5.69 Å². The van der Waals surface area contributed by atoms with Gasteiger partial charge in [-0.05, 0) is 74.5 Å². The fourth-order valence-electron chi connectivity index (χ4n) is 3.42. The Morgan fingerprint density at radius 1 is 0.912 bits per heavy atom. The molecular weight excluding hydrogens is 450 g/mol. The van der Waals surface area contributed by atoms with Gasteiger partial charge in [-0.25, -0.2) is 4.98 Å². The summed E-state index contributed by atoms with van der Waals surface area (Å²) in [5.41, 5.74) is 1.72. The van der Waals surface area contributed by atoms with Gasteiger partial charge < -0.3 is 14.8 Å². The molecule has 1 heterocycles.